The number of nitriles is 1. The molecule has 0 saturated carbocycles. The summed E-state index contributed by atoms with van der Waals surface area (Å²) in [5, 5.41) is 12.1. The molecule has 0 spiro atoms. The predicted molar refractivity (Wildman–Crippen MR) is 108 cm³/mol. The predicted octanol–water partition coefficient (Wildman–Crippen LogP) is 5.16. The third-order valence-corrected chi connectivity index (χ3v) is 4.51. The van der Waals surface area contributed by atoms with Crippen molar-refractivity contribution < 1.29 is 14.3 Å². The summed E-state index contributed by atoms with van der Waals surface area (Å²) in [5.41, 5.74) is 1.19. The van der Waals surface area contributed by atoms with E-state index in [1.54, 1.807) is 30.3 Å². The van der Waals surface area contributed by atoms with Crippen molar-refractivity contribution in [3.05, 3.63) is 56.5 Å². The number of methoxy groups -OCH3 is 1. The van der Waals surface area contributed by atoms with Gasteiger partial charge in [0.25, 0.3) is 5.91 Å². The average molecular weight is 480 g/mol. The number of rotatable bonds is 6. The fourth-order valence-corrected chi connectivity index (χ4v) is 2.99. The molecule has 0 fully saturated rings. The number of nitrogens with zero attached hydrogens (tertiary/aromatic N) is 1. The Morgan fingerprint density at radius 3 is 2.65 bits per heavy atom. The topological polar surface area (TPSA) is 71.3 Å². The number of benzene rings is 2. The van der Waals surface area contributed by atoms with Gasteiger partial charge in [0.1, 0.15) is 11.6 Å². The molecule has 0 unspecified atom stereocenters. The Balaban J connectivity index is 2.33. The summed E-state index contributed by atoms with van der Waals surface area (Å²) < 4.78 is 12.3. The lowest BCUT2D eigenvalue weighted by atomic mass is 10.1. The standard InChI is InChI=1S/C19H16Br2N2O3/c1-3-26-18-10-16(21)12(8-17(18)25-2)7-13(11-22)19(24)23-15-6-4-5-14(20)9-15/h4-10H,3H2,1-2H3,(H,23,24)/b13-7-. The second-order valence-corrected chi connectivity index (χ2v) is 6.86. The van der Waals surface area contributed by atoms with Gasteiger partial charge in [-0.3, -0.25) is 4.79 Å². The van der Waals surface area contributed by atoms with Gasteiger partial charge in [-0.05, 0) is 48.9 Å². The van der Waals surface area contributed by atoms with Crippen molar-refractivity contribution in [1.82, 2.24) is 0 Å². The second kappa shape index (κ2) is 9.41. The van der Waals surface area contributed by atoms with Crippen molar-refractivity contribution in [2.24, 2.45) is 0 Å². The molecule has 0 aromatic heterocycles. The lowest BCUT2D eigenvalue weighted by Gasteiger charge is -2.12. The van der Waals surface area contributed by atoms with Crippen LogP contribution in [0.15, 0.2) is 50.9 Å². The smallest absolute Gasteiger partial charge is 0.266 e. The Kier molecular flexibility index (Phi) is 7.25. The van der Waals surface area contributed by atoms with Crippen LogP contribution in [0.5, 0.6) is 11.5 Å². The van der Waals surface area contributed by atoms with Gasteiger partial charge >= 0.3 is 0 Å². The quantitative estimate of drug-likeness (QED) is 0.458. The van der Waals surface area contributed by atoms with E-state index in [4.69, 9.17) is 9.47 Å². The molecule has 5 nitrogen and oxygen atoms in total. The molecule has 2 aromatic rings. The number of hydrogen-bond acceptors (Lipinski definition) is 4. The molecule has 1 amide bonds. The summed E-state index contributed by atoms with van der Waals surface area (Å²) in [4.78, 5) is 12.4. The second-order valence-electron chi connectivity index (χ2n) is 5.09. The Morgan fingerprint density at radius 1 is 1.27 bits per heavy atom. The molecule has 0 aliphatic heterocycles. The van der Waals surface area contributed by atoms with E-state index in [1.807, 2.05) is 19.1 Å². The van der Waals surface area contributed by atoms with Crippen molar-refractivity contribution in [1.29, 1.82) is 5.26 Å². The van der Waals surface area contributed by atoms with Crippen LogP contribution >= 0.6 is 31.9 Å². The number of nitrogens with one attached hydrogen (secondary N) is 1. The minimum absolute atomic E-state index is 0.0307. The Labute approximate surface area is 168 Å². The van der Waals surface area contributed by atoms with Crippen LogP contribution in [0.1, 0.15) is 12.5 Å². The highest BCUT2D eigenvalue weighted by Crippen LogP contribution is 2.34. The third-order valence-electron chi connectivity index (χ3n) is 3.33. The minimum Gasteiger partial charge on any atom is -0.493 e. The molecule has 0 atom stereocenters. The van der Waals surface area contributed by atoms with Crippen LogP contribution in [-0.4, -0.2) is 19.6 Å². The number of hydrogen-bond donors (Lipinski definition) is 1. The monoisotopic (exact) mass is 478 g/mol. The molecule has 0 heterocycles. The SMILES string of the molecule is CCOc1cc(Br)c(/C=C(/C#N)C(=O)Nc2cccc(Br)c2)cc1OC. The molecule has 0 radical (unpaired) electrons. The molecular formula is C19H16Br2N2O3. The van der Waals surface area contributed by atoms with Crippen molar-refractivity contribution >= 4 is 49.5 Å². The number of halogens is 2. The van der Waals surface area contributed by atoms with Crippen LogP contribution < -0.4 is 14.8 Å². The number of carbonyl (C=O) groups is 1. The fourth-order valence-electron chi connectivity index (χ4n) is 2.16. The molecule has 0 bridgehead atoms. The summed E-state index contributed by atoms with van der Waals surface area (Å²) in [7, 11) is 1.53. The van der Waals surface area contributed by atoms with E-state index in [1.165, 1.54) is 13.2 Å². The maximum atomic E-state index is 12.4. The highest BCUT2D eigenvalue weighted by Gasteiger charge is 2.13. The molecule has 7 heteroatoms. The summed E-state index contributed by atoms with van der Waals surface area (Å²) in [5.74, 6) is 0.604. The first-order valence-electron chi connectivity index (χ1n) is 7.67. The van der Waals surface area contributed by atoms with E-state index in [0.29, 0.717) is 33.8 Å². The summed E-state index contributed by atoms with van der Waals surface area (Å²) in [6.45, 7) is 2.37. The van der Waals surface area contributed by atoms with Crippen LogP contribution in [-0.2, 0) is 4.79 Å². The molecule has 26 heavy (non-hydrogen) atoms. The summed E-state index contributed by atoms with van der Waals surface area (Å²) in [6.07, 6.45) is 1.50. The van der Waals surface area contributed by atoms with E-state index in [9.17, 15) is 10.1 Å². The number of amides is 1. The van der Waals surface area contributed by atoms with Crippen molar-refractivity contribution in [2.75, 3.05) is 19.0 Å². The number of carbonyl (C=O) groups excluding carboxylic acids is 1. The lowest BCUT2D eigenvalue weighted by Crippen LogP contribution is -2.13. The maximum absolute atomic E-state index is 12.4. The molecule has 2 rings (SSSR count). The minimum atomic E-state index is -0.495. The van der Waals surface area contributed by atoms with Crippen molar-refractivity contribution in [3.63, 3.8) is 0 Å². The summed E-state index contributed by atoms with van der Waals surface area (Å²) in [6, 6.07) is 12.5. The van der Waals surface area contributed by atoms with Crippen LogP contribution in [0.25, 0.3) is 6.08 Å². The third kappa shape index (κ3) is 5.10. The van der Waals surface area contributed by atoms with E-state index >= 15 is 0 Å². The van der Waals surface area contributed by atoms with Gasteiger partial charge in [0.2, 0.25) is 0 Å². The first-order chi connectivity index (χ1) is 12.5. The van der Waals surface area contributed by atoms with Crippen LogP contribution in [0.2, 0.25) is 0 Å². The molecule has 0 aliphatic carbocycles. The zero-order chi connectivity index (χ0) is 19.1. The average Bonchev–Trinajstić information content (AvgIpc) is 2.61. The van der Waals surface area contributed by atoms with E-state index in [-0.39, 0.29) is 5.57 Å². The summed E-state index contributed by atoms with van der Waals surface area (Å²) >= 11 is 6.78. The number of anilines is 1. The van der Waals surface area contributed by atoms with Crippen LogP contribution in [0.3, 0.4) is 0 Å². The van der Waals surface area contributed by atoms with Crippen LogP contribution in [0, 0.1) is 11.3 Å². The number of ether oxygens (including phenoxy) is 2. The fraction of sp³-hybridized carbons (Fsp3) is 0.158. The Bertz CT molecular complexity index is 889. The zero-order valence-corrected chi connectivity index (χ0v) is 17.3. The first kappa shape index (κ1) is 20.0. The van der Waals surface area contributed by atoms with Gasteiger partial charge in [0.05, 0.1) is 13.7 Å². The highest BCUT2D eigenvalue weighted by molar-refractivity contribution is 9.10. The zero-order valence-electron chi connectivity index (χ0n) is 14.2. The van der Waals surface area contributed by atoms with Gasteiger partial charge in [-0.25, -0.2) is 0 Å². The van der Waals surface area contributed by atoms with E-state index < -0.39 is 5.91 Å². The van der Waals surface area contributed by atoms with Gasteiger partial charge in [0.15, 0.2) is 11.5 Å². The van der Waals surface area contributed by atoms with Crippen LogP contribution in [0.4, 0.5) is 5.69 Å². The molecular weight excluding hydrogens is 464 g/mol. The molecule has 0 aliphatic rings. The first-order valence-corrected chi connectivity index (χ1v) is 9.26. The molecule has 1 N–H and O–H groups in total. The largest absolute Gasteiger partial charge is 0.493 e. The Hall–Kier alpha value is -2.30. The van der Waals surface area contributed by atoms with Crippen molar-refractivity contribution in [3.8, 4) is 17.6 Å². The van der Waals surface area contributed by atoms with Gasteiger partial charge in [-0.15, -0.1) is 0 Å². The molecule has 134 valence electrons. The van der Waals surface area contributed by atoms with Gasteiger partial charge in [-0.2, -0.15) is 5.26 Å². The van der Waals surface area contributed by atoms with Crippen molar-refractivity contribution in [2.45, 2.75) is 6.92 Å². The van der Waals surface area contributed by atoms with Gasteiger partial charge in [0, 0.05) is 14.6 Å². The highest BCUT2D eigenvalue weighted by atomic mass is 79.9. The molecule has 2 aromatic carbocycles. The lowest BCUT2D eigenvalue weighted by molar-refractivity contribution is -0.112. The maximum Gasteiger partial charge on any atom is 0.266 e. The molecule has 0 saturated heterocycles. The Morgan fingerprint density at radius 2 is 2.04 bits per heavy atom. The van der Waals surface area contributed by atoms with E-state index in [0.717, 1.165) is 4.47 Å². The van der Waals surface area contributed by atoms with Gasteiger partial charge < -0.3 is 14.8 Å². The van der Waals surface area contributed by atoms with E-state index in [2.05, 4.69) is 37.2 Å². The normalized spacial score (nSPS) is 10.8. The van der Waals surface area contributed by atoms with Gasteiger partial charge in [-0.1, -0.05) is 37.9 Å².